The summed E-state index contributed by atoms with van der Waals surface area (Å²) in [6, 6.07) is -0.826. The molecule has 2 saturated heterocycles. The largest absolute Gasteiger partial charge is 0.394 e. The number of hydrogen-bond acceptors (Lipinski definition) is 13. The van der Waals surface area contributed by atoms with E-state index in [1.807, 2.05) is 0 Å². The first kappa shape index (κ1) is 76.5. The van der Waals surface area contributed by atoms with Crippen molar-refractivity contribution in [3.63, 3.8) is 0 Å². The molecule has 0 spiro atoms. The van der Waals surface area contributed by atoms with E-state index < -0.39 is 86.8 Å². The molecule has 2 fully saturated rings. The molecular weight excluding hydrogens is 1050 g/mol. The fourth-order valence-electron chi connectivity index (χ4n) is 10.8. The summed E-state index contributed by atoms with van der Waals surface area (Å²) in [4.78, 5) is 13.2. The summed E-state index contributed by atoms with van der Waals surface area (Å²) < 4.78 is 22.8. The number of allylic oxidation sites excluding steroid dienone is 12. The van der Waals surface area contributed by atoms with E-state index in [2.05, 4.69) is 92.1 Å². The number of carbonyl (C=O) groups is 1. The van der Waals surface area contributed by atoms with E-state index in [1.165, 1.54) is 148 Å². The third-order valence-electron chi connectivity index (χ3n) is 16.2. The molecule has 12 atom stereocenters. The van der Waals surface area contributed by atoms with Crippen LogP contribution < -0.4 is 5.32 Å². The second-order valence-corrected chi connectivity index (χ2v) is 23.6. The Hall–Kier alpha value is -2.57. The lowest BCUT2D eigenvalue weighted by Crippen LogP contribution is -2.65. The van der Waals surface area contributed by atoms with Gasteiger partial charge in [0.2, 0.25) is 5.91 Å². The predicted molar refractivity (Wildman–Crippen MR) is 337 cm³/mol. The van der Waals surface area contributed by atoms with Crippen LogP contribution >= 0.6 is 0 Å². The summed E-state index contributed by atoms with van der Waals surface area (Å²) in [5.74, 6) is -0.208. The van der Waals surface area contributed by atoms with E-state index in [1.54, 1.807) is 0 Å². The average molecular weight is 1170 g/mol. The first-order valence-electron chi connectivity index (χ1n) is 33.7. The molecule has 0 radical (unpaired) electrons. The quantitative estimate of drug-likeness (QED) is 0.0204. The molecule has 0 aliphatic carbocycles. The number of amides is 1. The van der Waals surface area contributed by atoms with Gasteiger partial charge in [0.15, 0.2) is 12.6 Å². The standard InChI is InChI=1S/C69H123NO13/c1-3-5-7-9-11-13-14-15-16-17-18-19-20-21-22-23-24-25-26-27-28-29-30-31-32-33-34-35-36-37-38-39-40-41-42-43-44-45-47-49-51-53-61(74)70-57(58(73)52-50-48-46-12-10-8-6-4-2)56-80-68-66(79)64(77)67(60(55-72)82-68)83-69-65(78)63(76)62(75)59(54-71)81-69/h5,7,11,13,15-16,18-19,21-22,24-25,57-60,62-69,71-73,75-79H,3-4,6,8-10,12,14,17,20,23,26-56H2,1-2H3,(H,70,74)/b7-5-,13-11-,16-15-,19-18-,22-21-,25-24-. The lowest BCUT2D eigenvalue weighted by Gasteiger charge is -2.46. The van der Waals surface area contributed by atoms with Crippen LogP contribution in [0.2, 0.25) is 0 Å². The number of unbranched alkanes of at least 4 members (excludes halogenated alkanes) is 29. The van der Waals surface area contributed by atoms with Gasteiger partial charge in [0, 0.05) is 6.42 Å². The average Bonchev–Trinajstić information content (AvgIpc) is 3.45. The topological polar surface area (TPSA) is 228 Å². The van der Waals surface area contributed by atoms with Gasteiger partial charge in [0.1, 0.15) is 48.8 Å². The molecule has 0 saturated carbocycles. The van der Waals surface area contributed by atoms with Crippen molar-refractivity contribution < 1.29 is 64.6 Å². The van der Waals surface area contributed by atoms with Crippen LogP contribution in [0.3, 0.4) is 0 Å². The van der Waals surface area contributed by atoms with E-state index in [9.17, 15) is 45.6 Å². The maximum absolute atomic E-state index is 13.2. The van der Waals surface area contributed by atoms with Crippen LogP contribution in [0.4, 0.5) is 0 Å². The summed E-state index contributed by atoms with van der Waals surface area (Å²) in [7, 11) is 0. The Morgan fingerprint density at radius 2 is 0.831 bits per heavy atom. The summed E-state index contributed by atoms with van der Waals surface area (Å²) in [5, 5.41) is 87.0. The zero-order chi connectivity index (χ0) is 60.2. The molecule has 2 aliphatic rings. The van der Waals surface area contributed by atoms with Crippen molar-refractivity contribution in [2.45, 2.75) is 338 Å². The highest BCUT2D eigenvalue weighted by molar-refractivity contribution is 5.76. The first-order valence-corrected chi connectivity index (χ1v) is 33.7. The maximum atomic E-state index is 13.2. The monoisotopic (exact) mass is 1170 g/mol. The van der Waals surface area contributed by atoms with Crippen molar-refractivity contribution in [1.82, 2.24) is 5.32 Å². The lowest BCUT2D eigenvalue weighted by molar-refractivity contribution is -0.359. The van der Waals surface area contributed by atoms with E-state index in [0.717, 1.165) is 89.9 Å². The van der Waals surface area contributed by atoms with E-state index in [0.29, 0.717) is 12.8 Å². The van der Waals surface area contributed by atoms with Crippen LogP contribution in [0, 0.1) is 0 Å². The van der Waals surface area contributed by atoms with Crippen LogP contribution in [-0.4, -0.2) is 140 Å². The Kier molecular flexibility index (Phi) is 49.5. The van der Waals surface area contributed by atoms with Gasteiger partial charge in [-0.2, -0.15) is 0 Å². The second-order valence-electron chi connectivity index (χ2n) is 23.6. The third-order valence-corrected chi connectivity index (χ3v) is 16.2. The first-order chi connectivity index (χ1) is 40.6. The normalized spacial score (nSPS) is 24.3. The van der Waals surface area contributed by atoms with E-state index in [4.69, 9.17) is 18.9 Å². The summed E-state index contributed by atoms with van der Waals surface area (Å²) in [5.41, 5.74) is 0. The van der Waals surface area contributed by atoms with Gasteiger partial charge in [0.25, 0.3) is 0 Å². The fraction of sp³-hybridized carbons (Fsp3) is 0.812. The molecular formula is C69H123NO13. The molecule has 0 bridgehead atoms. The van der Waals surface area contributed by atoms with Gasteiger partial charge >= 0.3 is 0 Å². The number of nitrogens with one attached hydrogen (secondary N) is 1. The zero-order valence-electron chi connectivity index (χ0n) is 52.2. The Balaban J connectivity index is 1.49. The molecule has 83 heavy (non-hydrogen) atoms. The molecule has 2 rings (SSSR count). The lowest BCUT2D eigenvalue weighted by atomic mass is 9.97. The minimum absolute atomic E-state index is 0.208. The minimum Gasteiger partial charge on any atom is -0.394 e. The summed E-state index contributed by atoms with van der Waals surface area (Å²) in [6.45, 7) is 2.71. The van der Waals surface area contributed by atoms with Crippen molar-refractivity contribution in [3.05, 3.63) is 72.9 Å². The number of rotatable bonds is 54. The summed E-state index contributed by atoms with van der Waals surface area (Å²) >= 11 is 0. The van der Waals surface area contributed by atoms with Gasteiger partial charge in [-0.05, 0) is 64.2 Å². The fourth-order valence-corrected chi connectivity index (χ4v) is 10.8. The summed E-state index contributed by atoms with van der Waals surface area (Å²) in [6.07, 6.45) is 55.5. The molecule has 9 N–H and O–H groups in total. The molecule has 12 unspecified atom stereocenters. The minimum atomic E-state index is -1.78. The van der Waals surface area contributed by atoms with Gasteiger partial charge in [0.05, 0.1) is 32.0 Å². The molecule has 14 heteroatoms. The number of ether oxygens (including phenoxy) is 4. The third kappa shape index (κ3) is 38.4. The number of carbonyl (C=O) groups excluding carboxylic acids is 1. The molecule has 482 valence electrons. The van der Waals surface area contributed by atoms with Crippen LogP contribution in [0.15, 0.2) is 72.9 Å². The highest BCUT2D eigenvalue weighted by atomic mass is 16.7. The van der Waals surface area contributed by atoms with Crippen molar-refractivity contribution in [2.75, 3.05) is 19.8 Å². The maximum Gasteiger partial charge on any atom is 0.220 e. The molecule has 0 aromatic carbocycles. The smallest absolute Gasteiger partial charge is 0.220 e. The second kappa shape index (κ2) is 53.7. The van der Waals surface area contributed by atoms with Gasteiger partial charge < -0.3 is 65.1 Å². The van der Waals surface area contributed by atoms with Crippen LogP contribution in [0.25, 0.3) is 0 Å². The zero-order valence-corrected chi connectivity index (χ0v) is 52.2. The van der Waals surface area contributed by atoms with Crippen LogP contribution in [-0.2, 0) is 23.7 Å². The molecule has 1 amide bonds. The number of aliphatic hydroxyl groups is 8. The Morgan fingerprint density at radius 3 is 1.28 bits per heavy atom. The van der Waals surface area contributed by atoms with Gasteiger partial charge in [-0.25, -0.2) is 0 Å². The Morgan fingerprint density at radius 1 is 0.446 bits per heavy atom. The molecule has 2 aliphatic heterocycles. The van der Waals surface area contributed by atoms with Gasteiger partial charge in [-0.1, -0.05) is 267 Å². The highest BCUT2D eigenvalue weighted by Gasteiger charge is 2.51. The Bertz CT molecular complexity index is 1670. The number of hydrogen-bond donors (Lipinski definition) is 9. The molecule has 2 heterocycles. The van der Waals surface area contributed by atoms with E-state index >= 15 is 0 Å². The Labute approximate surface area is 504 Å². The predicted octanol–water partition coefficient (Wildman–Crippen LogP) is 13.1. The van der Waals surface area contributed by atoms with Crippen LogP contribution in [0.5, 0.6) is 0 Å². The molecule has 14 nitrogen and oxygen atoms in total. The van der Waals surface area contributed by atoms with Gasteiger partial charge in [-0.3, -0.25) is 4.79 Å². The highest BCUT2D eigenvalue weighted by Crippen LogP contribution is 2.30. The van der Waals surface area contributed by atoms with E-state index in [-0.39, 0.29) is 12.5 Å². The van der Waals surface area contributed by atoms with Gasteiger partial charge in [-0.15, -0.1) is 0 Å². The SMILES string of the molecule is CC/C=C\C/C=C\C/C=C\C/C=C\C/C=C\C/C=C\CCCCCCCCCCCCCCCCCCCCCCCCC(=O)NC(COC1OC(CO)C(OC2OC(CO)C(O)C(O)C2O)C(O)C1O)C(O)CCCCCCCCCC. The van der Waals surface area contributed by atoms with Crippen molar-refractivity contribution >= 4 is 5.91 Å². The van der Waals surface area contributed by atoms with Crippen molar-refractivity contribution in [1.29, 1.82) is 0 Å². The molecule has 0 aromatic heterocycles. The van der Waals surface area contributed by atoms with Crippen molar-refractivity contribution in [3.8, 4) is 0 Å². The molecule has 0 aromatic rings. The van der Waals surface area contributed by atoms with Crippen molar-refractivity contribution in [2.24, 2.45) is 0 Å². The van der Waals surface area contributed by atoms with Crippen LogP contribution in [0.1, 0.15) is 264 Å². The number of aliphatic hydroxyl groups excluding tert-OH is 8.